The first kappa shape index (κ1) is 13.6. The summed E-state index contributed by atoms with van der Waals surface area (Å²) in [5.41, 5.74) is 2.11. The average molecular weight is 233 g/mol. The maximum absolute atomic E-state index is 4.41. The van der Waals surface area contributed by atoms with Crippen LogP contribution in [0.5, 0.6) is 0 Å². The van der Waals surface area contributed by atoms with E-state index in [1.165, 1.54) is 12.8 Å². The molecule has 3 nitrogen and oxygen atoms in total. The third-order valence-electron chi connectivity index (χ3n) is 2.92. The van der Waals surface area contributed by atoms with E-state index in [4.69, 9.17) is 0 Å². The van der Waals surface area contributed by atoms with Gasteiger partial charge in [-0.15, -0.1) is 0 Å². The van der Waals surface area contributed by atoms with Crippen LogP contribution < -0.4 is 10.6 Å². The first-order chi connectivity index (χ1) is 8.26. The standard InChI is InChI=1S/C14H23N3/c1-5-8-12(7-3)17-14-13(15-4)11(6-2)9-10-16-14/h6,9-10,12,15H,2,5,7-8H2,1,3-4H3,(H,16,17). The minimum Gasteiger partial charge on any atom is -0.385 e. The lowest BCUT2D eigenvalue weighted by Crippen LogP contribution is -2.19. The summed E-state index contributed by atoms with van der Waals surface area (Å²) < 4.78 is 0. The first-order valence-corrected chi connectivity index (χ1v) is 6.32. The third kappa shape index (κ3) is 3.48. The van der Waals surface area contributed by atoms with Crippen molar-refractivity contribution in [1.82, 2.24) is 4.98 Å². The predicted molar refractivity (Wildman–Crippen MR) is 76.5 cm³/mol. The molecule has 94 valence electrons. The Morgan fingerprint density at radius 1 is 1.47 bits per heavy atom. The maximum Gasteiger partial charge on any atom is 0.150 e. The Kier molecular flexibility index (Phi) is 5.53. The van der Waals surface area contributed by atoms with Gasteiger partial charge in [0.05, 0.1) is 5.69 Å². The van der Waals surface area contributed by atoms with E-state index in [1.54, 1.807) is 0 Å². The Balaban J connectivity index is 2.92. The molecule has 0 amide bonds. The summed E-state index contributed by atoms with van der Waals surface area (Å²) in [5.74, 6) is 0.921. The number of hydrogen-bond acceptors (Lipinski definition) is 3. The summed E-state index contributed by atoms with van der Waals surface area (Å²) in [6.07, 6.45) is 7.12. The van der Waals surface area contributed by atoms with Crippen LogP contribution in [0.1, 0.15) is 38.7 Å². The molecular weight excluding hydrogens is 210 g/mol. The molecule has 1 aromatic heterocycles. The molecular formula is C14H23N3. The van der Waals surface area contributed by atoms with E-state index in [2.05, 4.69) is 36.0 Å². The van der Waals surface area contributed by atoms with Crippen LogP contribution in [0.4, 0.5) is 11.5 Å². The number of pyridine rings is 1. The molecule has 1 unspecified atom stereocenters. The van der Waals surface area contributed by atoms with Gasteiger partial charge in [0, 0.05) is 24.8 Å². The molecule has 3 heteroatoms. The van der Waals surface area contributed by atoms with Crippen molar-refractivity contribution in [1.29, 1.82) is 0 Å². The topological polar surface area (TPSA) is 37.0 Å². The molecule has 0 aromatic carbocycles. The van der Waals surface area contributed by atoms with E-state index in [1.807, 2.05) is 25.4 Å². The van der Waals surface area contributed by atoms with Crippen LogP contribution in [-0.2, 0) is 0 Å². The molecule has 0 aliphatic rings. The maximum atomic E-state index is 4.41. The van der Waals surface area contributed by atoms with Crippen LogP contribution in [0.3, 0.4) is 0 Å². The van der Waals surface area contributed by atoms with Gasteiger partial charge in [-0.2, -0.15) is 0 Å². The molecule has 0 fully saturated rings. The highest BCUT2D eigenvalue weighted by atomic mass is 15.0. The zero-order valence-electron chi connectivity index (χ0n) is 11.1. The number of nitrogens with zero attached hydrogens (tertiary/aromatic N) is 1. The van der Waals surface area contributed by atoms with Gasteiger partial charge in [0.2, 0.25) is 0 Å². The quantitative estimate of drug-likeness (QED) is 0.753. The SMILES string of the molecule is C=Cc1ccnc(NC(CC)CCC)c1NC. The number of anilines is 2. The number of aromatic nitrogens is 1. The fraction of sp³-hybridized carbons (Fsp3) is 0.500. The van der Waals surface area contributed by atoms with Crippen molar-refractivity contribution in [2.75, 3.05) is 17.7 Å². The second-order valence-corrected chi connectivity index (χ2v) is 4.12. The molecule has 1 atom stereocenters. The van der Waals surface area contributed by atoms with Gasteiger partial charge in [-0.3, -0.25) is 0 Å². The van der Waals surface area contributed by atoms with Crippen molar-refractivity contribution >= 4 is 17.6 Å². The second kappa shape index (κ2) is 6.94. The van der Waals surface area contributed by atoms with Gasteiger partial charge >= 0.3 is 0 Å². The Bertz CT molecular complexity index is 360. The van der Waals surface area contributed by atoms with E-state index in [0.29, 0.717) is 6.04 Å². The highest BCUT2D eigenvalue weighted by molar-refractivity contribution is 5.76. The molecule has 0 aliphatic heterocycles. The van der Waals surface area contributed by atoms with Crippen LogP contribution in [0.2, 0.25) is 0 Å². The van der Waals surface area contributed by atoms with E-state index >= 15 is 0 Å². The lowest BCUT2D eigenvalue weighted by molar-refractivity contribution is 0.621. The lowest BCUT2D eigenvalue weighted by atomic mass is 10.1. The summed E-state index contributed by atoms with van der Waals surface area (Å²) in [7, 11) is 1.91. The zero-order chi connectivity index (χ0) is 12.7. The van der Waals surface area contributed by atoms with Crippen LogP contribution >= 0.6 is 0 Å². The summed E-state index contributed by atoms with van der Waals surface area (Å²) in [6, 6.07) is 2.45. The second-order valence-electron chi connectivity index (χ2n) is 4.12. The zero-order valence-corrected chi connectivity index (χ0v) is 11.1. The van der Waals surface area contributed by atoms with Crippen molar-refractivity contribution in [3.63, 3.8) is 0 Å². The molecule has 2 N–H and O–H groups in total. The lowest BCUT2D eigenvalue weighted by Gasteiger charge is -2.19. The predicted octanol–water partition coefficient (Wildman–Crippen LogP) is 3.76. The highest BCUT2D eigenvalue weighted by Crippen LogP contribution is 2.25. The number of nitrogens with one attached hydrogen (secondary N) is 2. The summed E-state index contributed by atoms with van der Waals surface area (Å²) in [5, 5.41) is 6.69. The smallest absolute Gasteiger partial charge is 0.150 e. The van der Waals surface area contributed by atoms with E-state index in [9.17, 15) is 0 Å². The Morgan fingerprint density at radius 2 is 2.24 bits per heavy atom. The fourth-order valence-electron chi connectivity index (χ4n) is 1.94. The van der Waals surface area contributed by atoms with Crippen LogP contribution in [0, 0.1) is 0 Å². The minimum absolute atomic E-state index is 0.486. The molecule has 1 rings (SSSR count). The first-order valence-electron chi connectivity index (χ1n) is 6.32. The van der Waals surface area contributed by atoms with Crippen LogP contribution in [0.25, 0.3) is 6.08 Å². The molecule has 1 aromatic rings. The molecule has 0 saturated heterocycles. The van der Waals surface area contributed by atoms with Crippen molar-refractivity contribution in [3.05, 3.63) is 24.4 Å². The third-order valence-corrected chi connectivity index (χ3v) is 2.92. The molecule has 0 bridgehead atoms. The summed E-state index contributed by atoms with van der Waals surface area (Å²) >= 11 is 0. The molecule has 17 heavy (non-hydrogen) atoms. The van der Waals surface area contributed by atoms with Gasteiger partial charge in [0.25, 0.3) is 0 Å². The molecule has 0 spiro atoms. The van der Waals surface area contributed by atoms with E-state index in [0.717, 1.165) is 23.5 Å². The van der Waals surface area contributed by atoms with E-state index < -0.39 is 0 Å². The average Bonchev–Trinajstić information content (AvgIpc) is 2.37. The Hall–Kier alpha value is -1.51. The largest absolute Gasteiger partial charge is 0.385 e. The van der Waals surface area contributed by atoms with Gasteiger partial charge in [-0.05, 0) is 18.9 Å². The Morgan fingerprint density at radius 3 is 2.76 bits per heavy atom. The molecule has 0 aliphatic carbocycles. The van der Waals surface area contributed by atoms with Gasteiger partial charge in [-0.25, -0.2) is 4.98 Å². The van der Waals surface area contributed by atoms with Crippen molar-refractivity contribution < 1.29 is 0 Å². The summed E-state index contributed by atoms with van der Waals surface area (Å²) in [4.78, 5) is 4.41. The number of rotatable bonds is 7. The van der Waals surface area contributed by atoms with Crippen LogP contribution in [-0.4, -0.2) is 18.1 Å². The van der Waals surface area contributed by atoms with Gasteiger partial charge in [-0.1, -0.05) is 32.9 Å². The number of hydrogen-bond donors (Lipinski definition) is 2. The molecule has 0 radical (unpaired) electrons. The normalized spacial score (nSPS) is 11.9. The van der Waals surface area contributed by atoms with Gasteiger partial charge in [0.1, 0.15) is 5.82 Å². The van der Waals surface area contributed by atoms with E-state index in [-0.39, 0.29) is 0 Å². The minimum atomic E-state index is 0.486. The van der Waals surface area contributed by atoms with Gasteiger partial charge < -0.3 is 10.6 Å². The monoisotopic (exact) mass is 233 g/mol. The Labute approximate surface area is 104 Å². The van der Waals surface area contributed by atoms with Gasteiger partial charge in [0.15, 0.2) is 0 Å². The molecule has 1 heterocycles. The van der Waals surface area contributed by atoms with Crippen molar-refractivity contribution in [2.45, 2.75) is 39.2 Å². The van der Waals surface area contributed by atoms with Crippen molar-refractivity contribution in [2.24, 2.45) is 0 Å². The highest BCUT2D eigenvalue weighted by Gasteiger charge is 2.10. The summed E-state index contributed by atoms with van der Waals surface area (Å²) in [6.45, 7) is 8.22. The van der Waals surface area contributed by atoms with Crippen LogP contribution in [0.15, 0.2) is 18.8 Å². The fourth-order valence-corrected chi connectivity index (χ4v) is 1.94. The molecule has 0 saturated carbocycles. The van der Waals surface area contributed by atoms with Crippen molar-refractivity contribution in [3.8, 4) is 0 Å².